The summed E-state index contributed by atoms with van der Waals surface area (Å²) in [5.74, 6) is 0.927. The van der Waals surface area contributed by atoms with Gasteiger partial charge in [-0.05, 0) is 12.1 Å². The van der Waals surface area contributed by atoms with Crippen LogP contribution in [-0.4, -0.2) is 20.0 Å². The molecule has 3 nitrogen and oxygen atoms in total. The van der Waals surface area contributed by atoms with Crippen molar-refractivity contribution in [2.24, 2.45) is 0 Å². The Morgan fingerprint density at radius 2 is 1.39 bits per heavy atom. The lowest BCUT2D eigenvalue weighted by Crippen LogP contribution is -2.06. The first-order chi connectivity index (χ1) is 8.77. The predicted octanol–water partition coefficient (Wildman–Crippen LogP) is 2.93. The van der Waals surface area contributed by atoms with Crippen molar-refractivity contribution in [3.8, 4) is 11.5 Å². The Hall–Kier alpha value is -2.29. The Balaban J connectivity index is 2.53. The van der Waals surface area contributed by atoms with Gasteiger partial charge >= 0.3 is 0 Å². The van der Waals surface area contributed by atoms with E-state index < -0.39 is 0 Å². The van der Waals surface area contributed by atoms with Crippen LogP contribution in [0.2, 0.25) is 0 Å². The fourth-order valence-corrected chi connectivity index (χ4v) is 1.81. The summed E-state index contributed by atoms with van der Waals surface area (Å²) < 4.78 is 10.5. The van der Waals surface area contributed by atoms with E-state index in [0.29, 0.717) is 22.6 Å². The van der Waals surface area contributed by atoms with Crippen molar-refractivity contribution in [3.05, 3.63) is 59.7 Å². The zero-order valence-corrected chi connectivity index (χ0v) is 10.3. The number of benzene rings is 2. The molecule has 0 atom stereocenters. The lowest BCUT2D eigenvalue weighted by molar-refractivity contribution is 0.103. The number of carbonyl (C=O) groups excluding carboxylic acids is 1. The quantitative estimate of drug-likeness (QED) is 0.773. The van der Waals surface area contributed by atoms with Crippen LogP contribution in [-0.2, 0) is 0 Å². The van der Waals surface area contributed by atoms with Crippen molar-refractivity contribution >= 4 is 5.78 Å². The molecule has 18 heavy (non-hydrogen) atoms. The lowest BCUT2D eigenvalue weighted by atomic mass is 10.0. The van der Waals surface area contributed by atoms with Crippen LogP contribution in [0.15, 0.2) is 48.5 Å². The number of carbonyl (C=O) groups is 1. The summed E-state index contributed by atoms with van der Waals surface area (Å²) in [4.78, 5) is 12.4. The summed E-state index contributed by atoms with van der Waals surface area (Å²) in [6.45, 7) is 0. The van der Waals surface area contributed by atoms with Crippen molar-refractivity contribution in [2.45, 2.75) is 0 Å². The molecule has 2 aromatic carbocycles. The zero-order valence-electron chi connectivity index (χ0n) is 10.3. The standard InChI is InChI=1S/C15H14O3/c1-17-12-9-6-10-13(18-2)14(12)15(16)11-7-4-3-5-8-11/h3-10H,1-2H3. The van der Waals surface area contributed by atoms with Gasteiger partial charge < -0.3 is 9.47 Å². The fraction of sp³-hybridized carbons (Fsp3) is 0.133. The van der Waals surface area contributed by atoms with Crippen LogP contribution < -0.4 is 9.47 Å². The Morgan fingerprint density at radius 1 is 0.833 bits per heavy atom. The molecule has 0 fully saturated rings. The van der Waals surface area contributed by atoms with Crippen LogP contribution in [0.5, 0.6) is 11.5 Å². The first-order valence-electron chi connectivity index (χ1n) is 5.58. The van der Waals surface area contributed by atoms with Gasteiger partial charge in [0.1, 0.15) is 17.1 Å². The molecule has 0 aliphatic heterocycles. The van der Waals surface area contributed by atoms with Crippen LogP contribution in [0.1, 0.15) is 15.9 Å². The smallest absolute Gasteiger partial charge is 0.200 e. The third kappa shape index (κ3) is 2.20. The minimum Gasteiger partial charge on any atom is -0.496 e. The van der Waals surface area contributed by atoms with E-state index in [0.717, 1.165) is 0 Å². The highest BCUT2D eigenvalue weighted by Crippen LogP contribution is 2.30. The molecule has 0 radical (unpaired) electrons. The third-order valence-electron chi connectivity index (χ3n) is 2.69. The SMILES string of the molecule is COc1cccc(OC)c1C(=O)c1ccccc1. The lowest BCUT2D eigenvalue weighted by Gasteiger charge is -2.11. The molecule has 0 heterocycles. The van der Waals surface area contributed by atoms with Gasteiger partial charge in [0.2, 0.25) is 5.78 Å². The minimum atomic E-state index is -0.107. The summed E-state index contributed by atoms with van der Waals surface area (Å²) in [7, 11) is 3.08. The van der Waals surface area contributed by atoms with Gasteiger partial charge in [-0.15, -0.1) is 0 Å². The molecule has 0 bridgehead atoms. The fourth-order valence-electron chi connectivity index (χ4n) is 1.81. The second-order valence-electron chi connectivity index (χ2n) is 3.73. The summed E-state index contributed by atoms with van der Waals surface area (Å²) in [6.07, 6.45) is 0. The van der Waals surface area contributed by atoms with Crippen LogP contribution in [0.25, 0.3) is 0 Å². The molecule has 0 amide bonds. The predicted molar refractivity (Wildman–Crippen MR) is 69.4 cm³/mol. The molecule has 0 N–H and O–H groups in total. The molecule has 92 valence electrons. The molecule has 0 aromatic heterocycles. The molecule has 0 saturated heterocycles. The number of rotatable bonds is 4. The average Bonchev–Trinajstić information content (AvgIpc) is 2.46. The number of methoxy groups -OCH3 is 2. The maximum atomic E-state index is 12.4. The van der Waals surface area contributed by atoms with Crippen molar-refractivity contribution in [1.29, 1.82) is 0 Å². The number of hydrogen-bond acceptors (Lipinski definition) is 3. The van der Waals surface area contributed by atoms with Gasteiger partial charge in [-0.2, -0.15) is 0 Å². The van der Waals surface area contributed by atoms with Crippen molar-refractivity contribution in [1.82, 2.24) is 0 Å². The van der Waals surface area contributed by atoms with Crippen molar-refractivity contribution in [2.75, 3.05) is 14.2 Å². The van der Waals surface area contributed by atoms with Gasteiger partial charge in [0, 0.05) is 5.56 Å². The maximum Gasteiger partial charge on any atom is 0.200 e. The van der Waals surface area contributed by atoms with E-state index in [2.05, 4.69) is 0 Å². The van der Waals surface area contributed by atoms with Gasteiger partial charge in [-0.25, -0.2) is 0 Å². The van der Waals surface area contributed by atoms with Gasteiger partial charge in [0.25, 0.3) is 0 Å². The van der Waals surface area contributed by atoms with Crippen LogP contribution in [0.3, 0.4) is 0 Å². The van der Waals surface area contributed by atoms with E-state index in [-0.39, 0.29) is 5.78 Å². The first-order valence-corrected chi connectivity index (χ1v) is 5.58. The molecule has 0 aliphatic carbocycles. The van der Waals surface area contributed by atoms with E-state index in [1.54, 1.807) is 30.3 Å². The van der Waals surface area contributed by atoms with E-state index in [1.807, 2.05) is 18.2 Å². The highest BCUT2D eigenvalue weighted by atomic mass is 16.5. The highest BCUT2D eigenvalue weighted by Gasteiger charge is 2.19. The zero-order chi connectivity index (χ0) is 13.0. The second-order valence-corrected chi connectivity index (χ2v) is 3.73. The largest absolute Gasteiger partial charge is 0.496 e. The highest BCUT2D eigenvalue weighted by molar-refractivity contribution is 6.12. The monoisotopic (exact) mass is 242 g/mol. The van der Waals surface area contributed by atoms with Gasteiger partial charge in [-0.3, -0.25) is 4.79 Å². The Kier molecular flexibility index (Phi) is 3.63. The summed E-state index contributed by atoms with van der Waals surface area (Å²) in [5, 5.41) is 0. The number of ether oxygens (including phenoxy) is 2. The van der Waals surface area contributed by atoms with Gasteiger partial charge in [0.05, 0.1) is 14.2 Å². The number of ketones is 1. The van der Waals surface area contributed by atoms with E-state index in [4.69, 9.17) is 9.47 Å². The van der Waals surface area contributed by atoms with Crippen LogP contribution in [0.4, 0.5) is 0 Å². The van der Waals surface area contributed by atoms with E-state index in [1.165, 1.54) is 14.2 Å². The second kappa shape index (κ2) is 5.36. The van der Waals surface area contributed by atoms with E-state index in [9.17, 15) is 4.79 Å². The molecular weight excluding hydrogens is 228 g/mol. The van der Waals surface area contributed by atoms with Crippen LogP contribution in [0, 0.1) is 0 Å². The van der Waals surface area contributed by atoms with Gasteiger partial charge in [0.15, 0.2) is 0 Å². The Morgan fingerprint density at radius 3 is 1.89 bits per heavy atom. The summed E-state index contributed by atoms with van der Waals surface area (Å²) in [6, 6.07) is 14.4. The van der Waals surface area contributed by atoms with Gasteiger partial charge in [-0.1, -0.05) is 36.4 Å². The Bertz CT molecular complexity index is 525. The summed E-state index contributed by atoms with van der Waals surface area (Å²) >= 11 is 0. The average molecular weight is 242 g/mol. The molecule has 2 rings (SSSR count). The molecule has 3 heteroatoms. The topological polar surface area (TPSA) is 35.5 Å². The third-order valence-corrected chi connectivity index (χ3v) is 2.69. The first kappa shape index (κ1) is 12.2. The van der Waals surface area contributed by atoms with Crippen LogP contribution >= 0.6 is 0 Å². The van der Waals surface area contributed by atoms with E-state index >= 15 is 0 Å². The molecule has 0 aliphatic rings. The number of hydrogen-bond donors (Lipinski definition) is 0. The van der Waals surface area contributed by atoms with Crippen molar-refractivity contribution < 1.29 is 14.3 Å². The van der Waals surface area contributed by atoms with Crippen molar-refractivity contribution in [3.63, 3.8) is 0 Å². The molecule has 2 aromatic rings. The summed E-state index contributed by atoms with van der Waals surface area (Å²) in [5.41, 5.74) is 1.06. The Labute approximate surface area is 106 Å². The minimum absolute atomic E-state index is 0.107. The molecule has 0 unspecified atom stereocenters. The molecule has 0 saturated carbocycles. The maximum absolute atomic E-state index is 12.4. The molecular formula is C15H14O3. The normalized spacial score (nSPS) is 9.89. The molecule has 0 spiro atoms.